The highest BCUT2D eigenvalue weighted by Crippen LogP contribution is 2.28. The topological polar surface area (TPSA) is 54.3 Å². The molecule has 2 aromatic carbocycles. The number of thioether (sulfide) groups is 1. The third-order valence-corrected chi connectivity index (χ3v) is 7.07. The number of amides is 1. The Morgan fingerprint density at radius 1 is 1.03 bits per heavy atom. The molecule has 2 heterocycles. The first-order chi connectivity index (χ1) is 16.0. The lowest BCUT2D eigenvalue weighted by Gasteiger charge is -2.35. The monoisotopic (exact) mass is 463 g/mol. The zero-order chi connectivity index (χ0) is 23.2. The van der Waals surface area contributed by atoms with E-state index >= 15 is 0 Å². The maximum absolute atomic E-state index is 13.2. The fourth-order valence-corrected chi connectivity index (χ4v) is 5.19. The molecule has 1 atom stereocenters. The maximum atomic E-state index is 13.2. The molecule has 0 bridgehead atoms. The third-order valence-electron chi connectivity index (χ3n) is 6.00. The summed E-state index contributed by atoms with van der Waals surface area (Å²) in [7, 11) is 0. The molecule has 1 saturated heterocycles. The summed E-state index contributed by atoms with van der Waals surface area (Å²) in [5.41, 5.74) is 3.58. The lowest BCUT2D eigenvalue weighted by atomic mass is 10.1. The molecule has 1 fully saturated rings. The Hall–Kier alpha value is -2.64. The fraction of sp³-hybridized carbons (Fsp3) is 0.423. The summed E-state index contributed by atoms with van der Waals surface area (Å²) in [5, 5.41) is 9.56. The zero-order valence-corrected chi connectivity index (χ0v) is 20.6. The summed E-state index contributed by atoms with van der Waals surface area (Å²) in [6, 6.07) is 18.9. The summed E-state index contributed by atoms with van der Waals surface area (Å²) < 4.78 is 2.15. The molecular formula is C26H33N5OS. The molecule has 0 spiro atoms. The Bertz CT molecular complexity index is 1060. The first-order valence-corrected chi connectivity index (χ1v) is 12.6. The number of hydrogen-bond acceptors (Lipinski definition) is 5. The number of nitrogens with zero attached hydrogens (tertiary/aromatic N) is 5. The lowest BCUT2D eigenvalue weighted by Crippen LogP contribution is -2.50. The summed E-state index contributed by atoms with van der Waals surface area (Å²) in [5.74, 6) is 1.06. The first-order valence-electron chi connectivity index (χ1n) is 11.8. The summed E-state index contributed by atoms with van der Waals surface area (Å²) in [6.07, 6.45) is 0.982. The highest BCUT2D eigenvalue weighted by molar-refractivity contribution is 8.00. The second-order valence-electron chi connectivity index (χ2n) is 8.67. The van der Waals surface area contributed by atoms with E-state index in [4.69, 9.17) is 0 Å². The van der Waals surface area contributed by atoms with Gasteiger partial charge in [0.15, 0.2) is 11.0 Å². The minimum absolute atomic E-state index is 0.183. The van der Waals surface area contributed by atoms with Crippen LogP contribution in [-0.2, 0) is 17.9 Å². The SMILES string of the molecule is CCCn1c(SC(C)C(=O)N2CCN(Cc3ccccc3)CC2)nnc1-c1cccc(C)c1. The number of carbonyl (C=O) groups excluding carboxylic acids is 1. The predicted molar refractivity (Wildman–Crippen MR) is 134 cm³/mol. The van der Waals surface area contributed by atoms with Gasteiger partial charge in [-0.3, -0.25) is 9.69 Å². The van der Waals surface area contributed by atoms with Gasteiger partial charge in [0.25, 0.3) is 0 Å². The van der Waals surface area contributed by atoms with E-state index in [1.807, 2.05) is 24.0 Å². The Kier molecular flexibility index (Phi) is 7.83. The van der Waals surface area contributed by atoms with Gasteiger partial charge in [-0.15, -0.1) is 10.2 Å². The van der Waals surface area contributed by atoms with Crippen LogP contribution in [0.4, 0.5) is 0 Å². The van der Waals surface area contributed by atoms with E-state index in [0.717, 1.165) is 62.2 Å². The van der Waals surface area contributed by atoms with Crippen molar-refractivity contribution in [1.82, 2.24) is 24.6 Å². The number of hydrogen-bond donors (Lipinski definition) is 0. The fourth-order valence-electron chi connectivity index (χ4n) is 4.23. The Morgan fingerprint density at radius 3 is 2.48 bits per heavy atom. The van der Waals surface area contributed by atoms with Crippen LogP contribution in [0, 0.1) is 6.92 Å². The van der Waals surface area contributed by atoms with E-state index in [1.54, 1.807) is 0 Å². The van der Waals surface area contributed by atoms with Gasteiger partial charge in [-0.05, 0) is 31.9 Å². The largest absolute Gasteiger partial charge is 0.339 e. The summed E-state index contributed by atoms with van der Waals surface area (Å²) in [4.78, 5) is 17.6. The van der Waals surface area contributed by atoms with Crippen LogP contribution in [0.15, 0.2) is 59.8 Å². The smallest absolute Gasteiger partial charge is 0.235 e. The van der Waals surface area contributed by atoms with Crippen LogP contribution in [0.3, 0.4) is 0 Å². The number of aryl methyl sites for hydroxylation is 1. The van der Waals surface area contributed by atoms with Crippen molar-refractivity contribution in [2.45, 2.75) is 50.7 Å². The number of rotatable bonds is 8. The number of carbonyl (C=O) groups is 1. The average Bonchev–Trinajstić information content (AvgIpc) is 3.22. The van der Waals surface area contributed by atoms with Gasteiger partial charge >= 0.3 is 0 Å². The highest BCUT2D eigenvalue weighted by atomic mass is 32.2. The molecule has 0 N–H and O–H groups in total. The van der Waals surface area contributed by atoms with Gasteiger partial charge in [-0.2, -0.15) is 0 Å². The van der Waals surface area contributed by atoms with Gasteiger partial charge < -0.3 is 9.47 Å². The highest BCUT2D eigenvalue weighted by Gasteiger charge is 2.27. The molecule has 1 aromatic heterocycles. The van der Waals surface area contributed by atoms with Crippen molar-refractivity contribution < 1.29 is 4.79 Å². The van der Waals surface area contributed by atoms with Gasteiger partial charge in [0.1, 0.15) is 0 Å². The second-order valence-corrected chi connectivity index (χ2v) is 9.98. The standard InChI is InChI=1S/C26H33N5OS/c1-4-13-31-24(23-12-8-9-20(2)18-23)27-28-26(31)33-21(3)25(32)30-16-14-29(15-17-30)19-22-10-6-5-7-11-22/h5-12,18,21H,4,13-17,19H2,1-3H3. The molecule has 6 nitrogen and oxygen atoms in total. The van der Waals surface area contributed by atoms with Gasteiger partial charge in [0.2, 0.25) is 5.91 Å². The van der Waals surface area contributed by atoms with Crippen molar-refractivity contribution in [3.05, 3.63) is 65.7 Å². The molecule has 1 unspecified atom stereocenters. The predicted octanol–water partition coefficient (Wildman–Crippen LogP) is 4.49. The molecule has 174 valence electrons. The normalized spacial score (nSPS) is 15.5. The Morgan fingerprint density at radius 2 is 1.79 bits per heavy atom. The van der Waals surface area contributed by atoms with Crippen LogP contribution in [0.25, 0.3) is 11.4 Å². The van der Waals surface area contributed by atoms with E-state index in [2.05, 4.69) is 76.0 Å². The molecule has 0 saturated carbocycles. The summed E-state index contributed by atoms with van der Waals surface area (Å²) in [6.45, 7) is 11.3. The second kappa shape index (κ2) is 11.0. The molecule has 0 aliphatic carbocycles. The lowest BCUT2D eigenvalue weighted by molar-refractivity contribution is -0.132. The molecule has 1 aliphatic rings. The van der Waals surface area contributed by atoms with E-state index in [-0.39, 0.29) is 11.2 Å². The molecule has 3 aromatic rings. The van der Waals surface area contributed by atoms with E-state index in [1.165, 1.54) is 22.9 Å². The molecule has 0 radical (unpaired) electrons. The van der Waals surface area contributed by atoms with Crippen molar-refractivity contribution >= 4 is 17.7 Å². The van der Waals surface area contributed by atoms with E-state index in [9.17, 15) is 4.79 Å². The molecule has 33 heavy (non-hydrogen) atoms. The average molecular weight is 464 g/mol. The van der Waals surface area contributed by atoms with Crippen molar-refractivity contribution in [2.75, 3.05) is 26.2 Å². The Balaban J connectivity index is 1.38. The summed E-state index contributed by atoms with van der Waals surface area (Å²) >= 11 is 1.52. The zero-order valence-electron chi connectivity index (χ0n) is 19.8. The quantitative estimate of drug-likeness (QED) is 0.461. The molecule has 1 aliphatic heterocycles. The van der Waals surface area contributed by atoms with Gasteiger partial charge in [-0.1, -0.05) is 72.8 Å². The minimum atomic E-state index is -0.198. The molecule has 1 amide bonds. The van der Waals surface area contributed by atoms with Crippen LogP contribution in [-0.4, -0.2) is 61.9 Å². The van der Waals surface area contributed by atoms with Crippen LogP contribution >= 0.6 is 11.8 Å². The van der Waals surface area contributed by atoms with Crippen molar-refractivity contribution in [1.29, 1.82) is 0 Å². The number of piperazine rings is 1. The van der Waals surface area contributed by atoms with E-state index in [0.29, 0.717) is 0 Å². The van der Waals surface area contributed by atoms with Gasteiger partial charge in [0.05, 0.1) is 5.25 Å². The van der Waals surface area contributed by atoms with E-state index < -0.39 is 0 Å². The van der Waals surface area contributed by atoms with Gasteiger partial charge in [0, 0.05) is 44.8 Å². The van der Waals surface area contributed by atoms with Crippen LogP contribution in [0.5, 0.6) is 0 Å². The molecule has 4 rings (SSSR count). The number of benzene rings is 2. The maximum Gasteiger partial charge on any atom is 0.235 e. The minimum Gasteiger partial charge on any atom is -0.339 e. The van der Waals surface area contributed by atoms with Crippen LogP contribution in [0.2, 0.25) is 0 Å². The van der Waals surface area contributed by atoms with Crippen molar-refractivity contribution in [2.24, 2.45) is 0 Å². The van der Waals surface area contributed by atoms with Crippen LogP contribution in [0.1, 0.15) is 31.4 Å². The third kappa shape index (κ3) is 5.84. The van der Waals surface area contributed by atoms with Crippen molar-refractivity contribution in [3.63, 3.8) is 0 Å². The molecular weight excluding hydrogens is 430 g/mol. The first kappa shape index (κ1) is 23.5. The van der Waals surface area contributed by atoms with Crippen LogP contribution < -0.4 is 0 Å². The Labute approximate surface area is 201 Å². The number of aromatic nitrogens is 3. The van der Waals surface area contributed by atoms with Crippen molar-refractivity contribution in [3.8, 4) is 11.4 Å². The molecule has 7 heteroatoms. The van der Waals surface area contributed by atoms with Gasteiger partial charge in [-0.25, -0.2) is 0 Å².